The van der Waals surface area contributed by atoms with Gasteiger partial charge in [-0.05, 0) is 62.5 Å². The second kappa shape index (κ2) is 8.43. The molecule has 1 unspecified atom stereocenters. The number of Topliss-reactive ketones (excluding diaryl/α,β-unsaturated/α-hetero) is 1. The van der Waals surface area contributed by atoms with E-state index in [9.17, 15) is 10.1 Å². The van der Waals surface area contributed by atoms with Crippen LogP contribution >= 0.6 is 0 Å². The molecule has 2 aliphatic rings. The Labute approximate surface area is 213 Å². The first-order chi connectivity index (χ1) is 18.2. The summed E-state index contributed by atoms with van der Waals surface area (Å²) in [5.74, 6) is -0.325. The molecule has 0 fully saturated rings. The van der Waals surface area contributed by atoms with Gasteiger partial charge in [0.1, 0.15) is 0 Å². The van der Waals surface area contributed by atoms with E-state index in [4.69, 9.17) is 5.10 Å². The summed E-state index contributed by atoms with van der Waals surface area (Å²) in [5, 5.41) is 23.6. The monoisotopic (exact) mass is 477 g/mol. The van der Waals surface area contributed by atoms with E-state index in [2.05, 4.69) is 53.6 Å². The highest BCUT2D eigenvalue weighted by Crippen LogP contribution is 2.39. The van der Waals surface area contributed by atoms with Crippen molar-refractivity contribution in [3.8, 4) is 6.07 Å². The van der Waals surface area contributed by atoms with Gasteiger partial charge in [0.15, 0.2) is 5.78 Å². The number of hydrogen-bond acceptors (Lipinski definition) is 3. The van der Waals surface area contributed by atoms with Crippen molar-refractivity contribution in [2.24, 2.45) is 0 Å². The lowest BCUT2D eigenvalue weighted by atomic mass is 9.76. The van der Waals surface area contributed by atoms with Crippen LogP contribution in [0.4, 0.5) is 0 Å². The molecule has 4 nitrogen and oxygen atoms in total. The molecule has 4 heteroatoms. The number of nitrogens with zero attached hydrogens (tertiary/aromatic N) is 2. The number of carbonyl (C=O) groups excluding carboxylic acids is 1. The number of carbonyl (C=O) groups is 1. The summed E-state index contributed by atoms with van der Waals surface area (Å²) < 4.78 is 0. The topological polar surface area (TPSA) is 69.5 Å². The number of hydrogen-bond donors (Lipinski definition) is 1. The number of aromatic amines is 1. The second-order valence-corrected chi connectivity index (χ2v) is 9.74. The van der Waals surface area contributed by atoms with Crippen LogP contribution in [0, 0.1) is 21.8 Å². The normalized spacial score (nSPS) is 14.8. The number of nitriles is 1. The van der Waals surface area contributed by atoms with Crippen molar-refractivity contribution >= 4 is 28.3 Å². The van der Waals surface area contributed by atoms with Crippen molar-refractivity contribution in [1.82, 2.24) is 10.2 Å². The van der Waals surface area contributed by atoms with Crippen LogP contribution in [0.25, 0.3) is 22.6 Å². The van der Waals surface area contributed by atoms with Crippen molar-refractivity contribution in [3.05, 3.63) is 134 Å². The molecule has 7 rings (SSSR count). The number of benzene rings is 4. The van der Waals surface area contributed by atoms with Crippen molar-refractivity contribution in [1.29, 1.82) is 5.26 Å². The molecule has 0 bridgehead atoms. The van der Waals surface area contributed by atoms with Gasteiger partial charge >= 0.3 is 0 Å². The fourth-order valence-corrected chi connectivity index (χ4v) is 6.18. The van der Waals surface area contributed by atoms with E-state index < -0.39 is 5.92 Å². The molecular weight excluding hydrogens is 454 g/mol. The Morgan fingerprint density at radius 1 is 0.811 bits per heavy atom. The van der Waals surface area contributed by atoms with E-state index in [0.717, 1.165) is 45.8 Å². The van der Waals surface area contributed by atoms with Gasteiger partial charge in [0.2, 0.25) is 0 Å². The zero-order valence-electron chi connectivity index (χ0n) is 20.2. The smallest absolute Gasteiger partial charge is 0.160 e. The fourth-order valence-electron chi connectivity index (χ4n) is 6.18. The lowest BCUT2D eigenvalue weighted by Gasteiger charge is -2.26. The number of fused-ring (bicyclic) bond motifs is 5. The predicted molar refractivity (Wildman–Crippen MR) is 144 cm³/mol. The largest absolute Gasteiger partial charge is 0.294 e. The molecule has 0 saturated heterocycles. The summed E-state index contributed by atoms with van der Waals surface area (Å²) in [4.78, 5) is 13.8. The third-order valence-electron chi connectivity index (χ3n) is 7.86. The summed E-state index contributed by atoms with van der Waals surface area (Å²) in [6.07, 6.45) is 4.32. The van der Waals surface area contributed by atoms with E-state index in [-0.39, 0.29) is 5.78 Å². The molecule has 0 saturated carbocycles. The quantitative estimate of drug-likeness (QED) is 0.414. The van der Waals surface area contributed by atoms with Gasteiger partial charge in [-0.3, -0.25) is 9.89 Å². The summed E-state index contributed by atoms with van der Waals surface area (Å²) in [6, 6.07) is 30.7. The van der Waals surface area contributed by atoms with Gasteiger partial charge in [0, 0.05) is 17.4 Å². The molecule has 37 heavy (non-hydrogen) atoms. The van der Waals surface area contributed by atoms with E-state index in [1.165, 1.54) is 26.8 Å². The molecule has 176 valence electrons. The molecule has 1 N–H and O–H groups in total. The average Bonchev–Trinajstić information content (AvgIpc) is 3.38. The molecule has 2 aliphatic carbocycles. The predicted octanol–water partition coefficient (Wildman–Crippen LogP) is 4.56. The van der Waals surface area contributed by atoms with Crippen LogP contribution < -0.4 is 10.4 Å². The van der Waals surface area contributed by atoms with Gasteiger partial charge in [-0.1, -0.05) is 78.9 Å². The highest BCUT2D eigenvalue weighted by molar-refractivity contribution is 6.19. The Morgan fingerprint density at radius 3 is 2.51 bits per heavy atom. The number of para-hydroxylation sites is 1. The Balaban J connectivity index is 1.61. The van der Waals surface area contributed by atoms with E-state index in [1.807, 2.05) is 48.5 Å². The molecule has 0 aliphatic heterocycles. The highest BCUT2D eigenvalue weighted by Gasteiger charge is 2.33. The summed E-state index contributed by atoms with van der Waals surface area (Å²) in [5.41, 5.74) is 6.36. The Bertz CT molecular complexity index is 2010. The number of rotatable bonds is 3. The van der Waals surface area contributed by atoms with E-state index in [0.29, 0.717) is 12.0 Å². The maximum atomic E-state index is 13.8. The van der Waals surface area contributed by atoms with Gasteiger partial charge in [-0.2, -0.15) is 10.4 Å². The Morgan fingerprint density at radius 2 is 1.59 bits per heavy atom. The van der Waals surface area contributed by atoms with Crippen molar-refractivity contribution < 1.29 is 4.79 Å². The standard InChI is InChI=1S/C33H23N3O/c34-19-21-8-2-4-10-23(21)32(33-28-11-5-6-12-29(28)35-36-33)31-27-16-15-24-22-9-3-1-7-20(22)13-14-25(24)26(27)17-18-30(31)37/h1-13,15-16,32H,14,17-18H2,(H,35,36). The zero-order chi connectivity index (χ0) is 24.9. The summed E-state index contributed by atoms with van der Waals surface area (Å²) >= 11 is 0. The summed E-state index contributed by atoms with van der Waals surface area (Å²) in [7, 11) is 0. The zero-order valence-corrected chi connectivity index (χ0v) is 20.2. The molecule has 0 amide bonds. The molecular formula is C33H23N3O. The molecule has 1 aromatic heterocycles. The van der Waals surface area contributed by atoms with E-state index >= 15 is 0 Å². The van der Waals surface area contributed by atoms with Crippen LogP contribution in [0.3, 0.4) is 0 Å². The van der Waals surface area contributed by atoms with Crippen LogP contribution in [0.2, 0.25) is 0 Å². The first kappa shape index (κ1) is 21.5. The number of aromatic nitrogens is 2. The lowest BCUT2D eigenvalue weighted by molar-refractivity contribution is -0.114. The number of ketones is 1. The van der Waals surface area contributed by atoms with Gasteiger partial charge in [0.25, 0.3) is 0 Å². The van der Waals surface area contributed by atoms with Crippen LogP contribution in [-0.2, 0) is 17.6 Å². The molecule has 1 heterocycles. The Kier molecular flexibility index (Phi) is 4.90. The Hall–Kier alpha value is -4.75. The second-order valence-electron chi connectivity index (χ2n) is 9.74. The number of H-pyrrole nitrogens is 1. The first-order valence-electron chi connectivity index (χ1n) is 12.6. The van der Waals surface area contributed by atoms with Crippen molar-refractivity contribution in [2.75, 3.05) is 0 Å². The third kappa shape index (κ3) is 3.28. The fraction of sp³-hybridized carbons (Fsp3) is 0.121. The van der Waals surface area contributed by atoms with E-state index in [1.54, 1.807) is 0 Å². The molecule has 0 spiro atoms. The van der Waals surface area contributed by atoms with Crippen LogP contribution in [-0.4, -0.2) is 16.0 Å². The first-order valence-corrected chi connectivity index (χ1v) is 12.6. The minimum atomic E-state index is -0.448. The van der Waals surface area contributed by atoms with Gasteiger partial charge in [-0.25, -0.2) is 0 Å². The summed E-state index contributed by atoms with van der Waals surface area (Å²) in [6.45, 7) is 0. The molecule has 5 aromatic rings. The SMILES string of the molecule is N#Cc1ccccc1C(C1=c2ccc3c(c2CCC1=O)CC=c1ccccc1=3)c1n[nH]c2ccccc12. The van der Waals surface area contributed by atoms with Crippen LogP contribution in [0.1, 0.15) is 40.3 Å². The highest BCUT2D eigenvalue weighted by atomic mass is 16.1. The average molecular weight is 478 g/mol. The maximum Gasteiger partial charge on any atom is 0.160 e. The minimum Gasteiger partial charge on any atom is -0.294 e. The lowest BCUT2D eigenvalue weighted by Crippen LogP contribution is -2.31. The molecule has 1 atom stereocenters. The van der Waals surface area contributed by atoms with Gasteiger partial charge < -0.3 is 0 Å². The molecule has 0 radical (unpaired) electrons. The van der Waals surface area contributed by atoms with Gasteiger partial charge in [0.05, 0.1) is 28.8 Å². The van der Waals surface area contributed by atoms with Gasteiger partial charge in [-0.15, -0.1) is 0 Å². The maximum absolute atomic E-state index is 13.8. The van der Waals surface area contributed by atoms with Crippen molar-refractivity contribution in [3.63, 3.8) is 0 Å². The number of nitrogens with one attached hydrogen (secondary N) is 1. The third-order valence-corrected chi connectivity index (χ3v) is 7.86. The van der Waals surface area contributed by atoms with Crippen LogP contribution in [0.5, 0.6) is 0 Å². The minimum absolute atomic E-state index is 0.123. The van der Waals surface area contributed by atoms with Crippen LogP contribution in [0.15, 0.2) is 84.9 Å². The van der Waals surface area contributed by atoms with Crippen molar-refractivity contribution in [2.45, 2.75) is 25.2 Å². The molecule has 4 aromatic carbocycles.